The normalized spacial score (nSPS) is 18.9. The highest BCUT2D eigenvalue weighted by atomic mass is 19.2. The summed E-state index contributed by atoms with van der Waals surface area (Å²) in [6, 6.07) is 4.24. The van der Waals surface area contributed by atoms with Crippen LogP contribution in [0.1, 0.15) is 41.7 Å². The molecule has 0 spiro atoms. The van der Waals surface area contributed by atoms with Gasteiger partial charge < -0.3 is 16.0 Å². The number of pyridine rings is 1. The van der Waals surface area contributed by atoms with Gasteiger partial charge in [0.25, 0.3) is 0 Å². The largest absolute Gasteiger partial charge is 0.366 e. The molecule has 7 nitrogen and oxygen atoms in total. The lowest BCUT2D eigenvalue weighted by Crippen LogP contribution is -2.46. The van der Waals surface area contributed by atoms with Crippen molar-refractivity contribution in [2.24, 2.45) is 11.7 Å². The molecule has 0 radical (unpaired) electrons. The lowest BCUT2D eigenvalue weighted by Gasteiger charge is -2.38. The summed E-state index contributed by atoms with van der Waals surface area (Å²) in [7, 11) is 0. The molecule has 29 heavy (non-hydrogen) atoms. The van der Waals surface area contributed by atoms with Crippen LogP contribution in [-0.2, 0) is 9.59 Å². The fraction of sp³-hybridized carbons (Fsp3) is 0.300. The molecule has 1 aromatic carbocycles. The van der Waals surface area contributed by atoms with E-state index in [-0.39, 0.29) is 17.2 Å². The van der Waals surface area contributed by atoms with Gasteiger partial charge >= 0.3 is 11.8 Å². The molecule has 1 saturated heterocycles. The Balaban J connectivity index is 1.81. The number of nitrogens with one attached hydrogen (secondary N) is 1. The zero-order valence-electron chi connectivity index (χ0n) is 15.7. The zero-order valence-corrected chi connectivity index (χ0v) is 15.7. The molecule has 3 amide bonds. The van der Waals surface area contributed by atoms with Crippen molar-refractivity contribution in [1.29, 1.82) is 0 Å². The average molecular weight is 402 g/mol. The van der Waals surface area contributed by atoms with Crippen LogP contribution in [0.2, 0.25) is 0 Å². The minimum atomic E-state index is -1.01. The summed E-state index contributed by atoms with van der Waals surface area (Å²) in [4.78, 5) is 41.8. The van der Waals surface area contributed by atoms with Gasteiger partial charge in [0, 0.05) is 12.7 Å². The highest BCUT2D eigenvalue weighted by molar-refractivity contribution is 6.39. The summed E-state index contributed by atoms with van der Waals surface area (Å²) in [6.07, 6.45) is 3.82. The molecular weight excluding hydrogens is 382 g/mol. The van der Waals surface area contributed by atoms with Crippen molar-refractivity contribution in [3.8, 4) is 0 Å². The third-order valence-corrected chi connectivity index (χ3v) is 4.88. The first-order chi connectivity index (χ1) is 13.8. The predicted octanol–water partition coefficient (Wildman–Crippen LogP) is 2.40. The Labute approximate surface area is 165 Å². The van der Waals surface area contributed by atoms with Gasteiger partial charge in [-0.05, 0) is 42.5 Å². The second kappa shape index (κ2) is 8.34. The van der Waals surface area contributed by atoms with Gasteiger partial charge in [0.2, 0.25) is 5.91 Å². The third-order valence-electron chi connectivity index (χ3n) is 4.88. The van der Waals surface area contributed by atoms with E-state index in [1.807, 2.05) is 6.92 Å². The molecule has 1 fully saturated rings. The van der Waals surface area contributed by atoms with E-state index in [1.54, 1.807) is 0 Å². The Bertz CT molecular complexity index is 966. The van der Waals surface area contributed by atoms with Gasteiger partial charge in [-0.1, -0.05) is 13.0 Å². The molecule has 3 rings (SSSR count). The molecule has 0 unspecified atom stereocenters. The molecule has 2 atom stereocenters. The van der Waals surface area contributed by atoms with Crippen LogP contribution in [0.3, 0.4) is 0 Å². The first-order valence-corrected chi connectivity index (χ1v) is 9.08. The van der Waals surface area contributed by atoms with E-state index in [0.717, 1.165) is 18.6 Å². The van der Waals surface area contributed by atoms with E-state index in [2.05, 4.69) is 10.3 Å². The number of primary amides is 1. The zero-order chi connectivity index (χ0) is 21.1. The molecule has 0 saturated carbocycles. The number of piperidine rings is 1. The number of rotatable bonds is 3. The van der Waals surface area contributed by atoms with E-state index < -0.39 is 35.4 Å². The topological polar surface area (TPSA) is 105 Å². The van der Waals surface area contributed by atoms with Gasteiger partial charge in [-0.15, -0.1) is 0 Å². The van der Waals surface area contributed by atoms with Gasteiger partial charge in [-0.2, -0.15) is 0 Å². The molecule has 0 bridgehead atoms. The summed E-state index contributed by atoms with van der Waals surface area (Å²) in [5.41, 5.74) is 5.84. The monoisotopic (exact) mass is 402 g/mol. The first-order valence-electron chi connectivity index (χ1n) is 9.08. The number of likely N-dealkylation sites (tertiary alicyclic amines) is 1. The summed E-state index contributed by atoms with van der Waals surface area (Å²) in [5.74, 6) is -4.29. The molecule has 2 heterocycles. The number of carbonyl (C=O) groups is 3. The highest BCUT2D eigenvalue weighted by Crippen LogP contribution is 2.34. The van der Waals surface area contributed by atoms with Crippen LogP contribution in [0.5, 0.6) is 0 Å². The molecule has 1 aromatic heterocycles. The van der Waals surface area contributed by atoms with Gasteiger partial charge in [-0.25, -0.2) is 8.78 Å². The van der Waals surface area contributed by atoms with Crippen LogP contribution in [0.15, 0.2) is 36.7 Å². The van der Waals surface area contributed by atoms with Crippen LogP contribution in [0.25, 0.3) is 0 Å². The van der Waals surface area contributed by atoms with E-state index in [1.165, 1.54) is 29.4 Å². The highest BCUT2D eigenvalue weighted by Gasteiger charge is 2.34. The third kappa shape index (κ3) is 4.56. The number of benzene rings is 1. The molecule has 9 heteroatoms. The summed E-state index contributed by atoms with van der Waals surface area (Å²) in [6.45, 7) is 2.25. The number of nitrogens with two attached hydrogens (primary N) is 1. The SMILES string of the molecule is C[C@H]1CC[C@H](c2ccc(F)c(F)c2)N(C(=O)C(=O)Nc2cncc(C(N)=O)c2)C1. The van der Waals surface area contributed by atoms with E-state index in [0.29, 0.717) is 18.5 Å². The van der Waals surface area contributed by atoms with E-state index >= 15 is 0 Å². The Kier molecular flexibility index (Phi) is 5.86. The molecule has 1 aliphatic rings. The maximum atomic E-state index is 13.7. The van der Waals surface area contributed by atoms with Crippen LogP contribution in [-0.4, -0.2) is 34.2 Å². The molecule has 152 valence electrons. The molecular formula is C20H20F2N4O3. The predicted molar refractivity (Wildman–Crippen MR) is 101 cm³/mol. The van der Waals surface area contributed by atoms with Gasteiger partial charge in [0.05, 0.1) is 23.5 Å². The second-order valence-corrected chi connectivity index (χ2v) is 7.11. The quantitative estimate of drug-likeness (QED) is 0.769. The molecule has 2 aromatic rings. The number of aromatic nitrogens is 1. The summed E-state index contributed by atoms with van der Waals surface area (Å²) in [5, 5.41) is 2.41. The van der Waals surface area contributed by atoms with Crippen LogP contribution < -0.4 is 11.1 Å². The van der Waals surface area contributed by atoms with Crippen molar-refractivity contribution in [2.45, 2.75) is 25.8 Å². The first kappa shape index (κ1) is 20.4. The number of hydrogen-bond donors (Lipinski definition) is 2. The minimum absolute atomic E-state index is 0.0847. The number of hydrogen-bond acceptors (Lipinski definition) is 4. The van der Waals surface area contributed by atoms with Gasteiger partial charge in [0.15, 0.2) is 11.6 Å². The lowest BCUT2D eigenvalue weighted by molar-refractivity contribution is -0.146. The molecule has 3 N–H and O–H groups in total. The molecule has 0 aliphatic carbocycles. The van der Waals surface area contributed by atoms with Gasteiger partial charge in [-0.3, -0.25) is 19.4 Å². The smallest absolute Gasteiger partial charge is 0.313 e. The minimum Gasteiger partial charge on any atom is -0.366 e. The fourth-order valence-electron chi connectivity index (χ4n) is 3.40. The number of anilines is 1. The lowest BCUT2D eigenvalue weighted by atomic mass is 9.89. The van der Waals surface area contributed by atoms with Crippen LogP contribution in [0, 0.1) is 17.6 Å². The Hall–Kier alpha value is -3.36. The maximum absolute atomic E-state index is 13.7. The number of amides is 3. The standard InChI is InChI=1S/C20H20F2N4O3/c1-11-2-5-17(12-3-4-15(21)16(22)7-12)26(10-11)20(29)19(28)25-14-6-13(18(23)27)8-24-9-14/h3-4,6-9,11,17H,2,5,10H2,1H3,(H2,23,27)(H,25,28)/t11-,17+/m0/s1. The van der Waals surface area contributed by atoms with E-state index in [9.17, 15) is 23.2 Å². The number of nitrogens with zero attached hydrogens (tertiary/aromatic N) is 2. The van der Waals surface area contributed by atoms with Crippen molar-refractivity contribution in [3.05, 3.63) is 59.4 Å². The summed E-state index contributed by atoms with van der Waals surface area (Å²) >= 11 is 0. The Morgan fingerprint density at radius 1 is 1.14 bits per heavy atom. The van der Waals surface area contributed by atoms with Crippen molar-refractivity contribution in [1.82, 2.24) is 9.88 Å². The molecule has 1 aliphatic heterocycles. The second-order valence-electron chi connectivity index (χ2n) is 7.11. The van der Waals surface area contributed by atoms with Crippen LogP contribution in [0.4, 0.5) is 14.5 Å². The van der Waals surface area contributed by atoms with Crippen LogP contribution >= 0.6 is 0 Å². The maximum Gasteiger partial charge on any atom is 0.313 e. The van der Waals surface area contributed by atoms with Crippen molar-refractivity contribution < 1.29 is 23.2 Å². The Morgan fingerprint density at radius 3 is 2.59 bits per heavy atom. The average Bonchev–Trinajstić information content (AvgIpc) is 2.69. The van der Waals surface area contributed by atoms with Crippen molar-refractivity contribution in [2.75, 3.05) is 11.9 Å². The Morgan fingerprint density at radius 2 is 1.90 bits per heavy atom. The number of carbonyl (C=O) groups excluding carboxylic acids is 3. The number of halogens is 2. The van der Waals surface area contributed by atoms with Crippen molar-refractivity contribution >= 4 is 23.4 Å². The van der Waals surface area contributed by atoms with Crippen molar-refractivity contribution in [3.63, 3.8) is 0 Å². The summed E-state index contributed by atoms with van der Waals surface area (Å²) < 4.78 is 27.0. The van der Waals surface area contributed by atoms with Gasteiger partial charge in [0.1, 0.15) is 0 Å². The van der Waals surface area contributed by atoms with E-state index in [4.69, 9.17) is 5.73 Å². The fourth-order valence-corrected chi connectivity index (χ4v) is 3.40.